The fourth-order valence-corrected chi connectivity index (χ4v) is 4.64. The Bertz CT molecular complexity index is 1340. The number of H-pyrrole nitrogens is 1. The summed E-state index contributed by atoms with van der Waals surface area (Å²) in [4.78, 5) is 11.2. The number of ether oxygens (including phenoxy) is 1. The second-order valence-corrected chi connectivity index (χ2v) is 8.79. The van der Waals surface area contributed by atoms with Gasteiger partial charge < -0.3 is 9.15 Å². The van der Waals surface area contributed by atoms with Crippen LogP contribution < -0.4 is 15.2 Å². The molecular formula is C21H21FN4O5S. The average molecular weight is 460 g/mol. The lowest BCUT2D eigenvalue weighted by Crippen LogP contribution is -2.30. The van der Waals surface area contributed by atoms with Crippen molar-refractivity contribution in [3.63, 3.8) is 0 Å². The Morgan fingerprint density at radius 2 is 2.06 bits per heavy atom. The van der Waals surface area contributed by atoms with E-state index in [1.165, 1.54) is 31.4 Å². The number of aromatic amines is 1. The van der Waals surface area contributed by atoms with Crippen LogP contribution in [0.25, 0.3) is 0 Å². The molecule has 0 bridgehead atoms. The predicted octanol–water partition coefficient (Wildman–Crippen LogP) is 2.65. The number of nitrogens with zero attached hydrogens (tertiary/aromatic N) is 2. The standard InChI is InChI=1S/C21H21FN4O5S/c1-12-4-7-16(22)15(13(12)2)6-8-17(20-24-25-21(27)31-20)26-32(28,29)19-9-5-14(11-23)10-18(19)30-3/h4-5,7,9-10,17,26H,6,8H2,1-3H3,(H,25,27)/t17-/m0/s1. The monoisotopic (exact) mass is 460 g/mol. The smallest absolute Gasteiger partial charge is 0.434 e. The molecule has 0 aliphatic heterocycles. The molecule has 0 unspecified atom stereocenters. The van der Waals surface area contributed by atoms with Gasteiger partial charge in [-0.05, 0) is 67.6 Å². The Kier molecular flexibility index (Phi) is 6.76. The number of methoxy groups -OCH3 is 1. The van der Waals surface area contributed by atoms with E-state index in [0.29, 0.717) is 5.56 Å². The number of rotatable bonds is 8. The highest BCUT2D eigenvalue weighted by Gasteiger charge is 2.28. The van der Waals surface area contributed by atoms with E-state index in [2.05, 4.69) is 14.9 Å². The number of nitrogens with one attached hydrogen (secondary N) is 2. The Hall–Kier alpha value is -3.49. The SMILES string of the molecule is COc1cc(C#N)ccc1S(=O)(=O)N[C@@H](CCc1c(F)ccc(C)c1C)c1n[nH]c(=O)o1. The van der Waals surface area contributed by atoms with Crippen LogP contribution in [-0.4, -0.2) is 25.7 Å². The van der Waals surface area contributed by atoms with Crippen LogP contribution in [0.5, 0.6) is 5.75 Å². The molecule has 0 radical (unpaired) electrons. The molecule has 1 atom stereocenters. The van der Waals surface area contributed by atoms with Crippen molar-refractivity contribution in [2.24, 2.45) is 0 Å². The lowest BCUT2D eigenvalue weighted by molar-refractivity contribution is 0.390. The summed E-state index contributed by atoms with van der Waals surface area (Å²) < 4.78 is 53.1. The molecule has 3 aromatic rings. The molecule has 1 heterocycles. The van der Waals surface area contributed by atoms with Gasteiger partial charge in [-0.2, -0.15) is 9.98 Å². The average Bonchev–Trinajstić information content (AvgIpc) is 3.21. The molecule has 0 aliphatic rings. The van der Waals surface area contributed by atoms with Crippen molar-refractivity contribution in [2.45, 2.75) is 37.6 Å². The first kappa shape index (κ1) is 23.2. The second kappa shape index (κ2) is 9.33. The maximum absolute atomic E-state index is 14.4. The van der Waals surface area contributed by atoms with Gasteiger partial charge in [0.25, 0.3) is 0 Å². The molecule has 168 valence electrons. The summed E-state index contributed by atoms with van der Waals surface area (Å²) in [6.07, 6.45) is 0.223. The van der Waals surface area contributed by atoms with Crippen molar-refractivity contribution in [3.8, 4) is 11.8 Å². The Labute approximate surface area is 183 Å². The molecule has 9 nitrogen and oxygen atoms in total. The van der Waals surface area contributed by atoms with Gasteiger partial charge in [0.05, 0.1) is 18.7 Å². The van der Waals surface area contributed by atoms with Crippen LogP contribution in [0.3, 0.4) is 0 Å². The number of hydrogen-bond acceptors (Lipinski definition) is 7. The highest BCUT2D eigenvalue weighted by molar-refractivity contribution is 7.89. The fourth-order valence-electron chi connectivity index (χ4n) is 3.27. The van der Waals surface area contributed by atoms with Crippen LogP contribution in [0.15, 0.2) is 44.4 Å². The molecule has 1 aromatic heterocycles. The molecule has 0 amide bonds. The number of aryl methyl sites for hydroxylation is 1. The highest BCUT2D eigenvalue weighted by Crippen LogP contribution is 2.28. The van der Waals surface area contributed by atoms with Crippen molar-refractivity contribution >= 4 is 10.0 Å². The van der Waals surface area contributed by atoms with Gasteiger partial charge in [-0.3, -0.25) is 0 Å². The molecule has 3 rings (SSSR count). The summed E-state index contributed by atoms with van der Waals surface area (Å²) in [5.74, 6) is -1.47. The number of benzene rings is 2. The quantitative estimate of drug-likeness (QED) is 0.527. The van der Waals surface area contributed by atoms with Gasteiger partial charge in [0, 0.05) is 0 Å². The van der Waals surface area contributed by atoms with E-state index in [1.807, 2.05) is 13.0 Å². The van der Waals surface area contributed by atoms with Crippen molar-refractivity contribution < 1.29 is 22.0 Å². The first-order valence-electron chi connectivity index (χ1n) is 9.56. The van der Waals surface area contributed by atoms with Crippen molar-refractivity contribution in [3.05, 3.63) is 74.8 Å². The van der Waals surface area contributed by atoms with Crippen LogP contribution in [-0.2, 0) is 16.4 Å². The number of sulfonamides is 1. The topological polar surface area (TPSA) is 138 Å². The molecule has 0 fully saturated rings. The third kappa shape index (κ3) is 4.87. The van der Waals surface area contributed by atoms with E-state index in [4.69, 9.17) is 14.4 Å². The van der Waals surface area contributed by atoms with Crippen LogP contribution >= 0.6 is 0 Å². The van der Waals surface area contributed by atoms with Gasteiger partial charge in [-0.1, -0.05) is 6.07 Å². The summed E-state index contributed by atoms with van der Waals surface area (Å²) in [6, 6.07) is 7.73. The van der Waals surface area contributed by atoms with Crippen molar-refractivity contribution in [1.82, 2.24) is 14.9 Å². The zero-order chi connectivity index (χ0) is 23.5. The van der Waals surface area contributed by atoms with E-state index in [9.17, 15) is 17.6 Å². The normalized spacial score (nSPS) is 12.3. The van der Waals surface area contributed by atoms with Gasteiger partial charge in [-0.15, -0.1) is 5.10 Å². The second-order valence-electron chi connectivity index (χ2n) is 7.11. The van der Waals surface area contributed by atoms with Crippen LogP contribution in [0, 0.1) is 31.0 Å². The van der Waals surface area contributed by atoms with E-state index in [-0.39, 0.29) is 34.9 Å². The largest absolute Gasteiger partial charge is 0.495 e. The summed E-state index contributed by atoms with van der Waals surface area (Å²) in [5.41, 5.74) is 2.31. The first-order valence-corrected chi connectivity index (χ1v) is 11.0. The summed E-state index contributed by atoms with van der Waals surface area (Å²) in [5, 5.41) is 14.9. The molecule has 0 aliphatic carbocycles. The molecule has 11 heteroatoms. The molecule has 2 N–H and O–H groups in total. The molecule has 0 saturated carbocycles. The first-order chi connectivity index (χ1) is 15.2. The van der Waals surface area contributed by atoms with Gasteiger partial charge >= 0.3 is 5.76 Å². The van der Waals surface area contributed by atoms with Crippen LogP contribution in [0.4, 0.5) is 4.39 Å². The minimum atomic E-state index is -4.19. The molecule has 0 saturated heterocycles. The Balaban J connectivity index is 1.95. The number of nitriles is 1. The lowest BCUT2D eigenvalue weighted by atomic mass is 9.97. The minimum absolute atomic E-state index is 0.0284. The fraction of sp³-hybridized carbons (Fsp3) is 0.286. The number of aromatic nitrogens is 2. The van der Waals surface area contributed by atoms with Gasteiger partial charge in [0.15, 0.2) is 0 Å². The molecule has 32 heavy (non-hydrogen) atoms. The summed E-state index contributed by atoms with van der Waals surface area (Å²) in [6.45, 7) is 3.63. The highest BCUT2D eigenvalue weighted by atomic mass is 32.2. The molecule has 2 aromatic carbocycles. The summed E-state index contributed by atoms with van der Waals surface area (Å²) >= 11 is 0. The third-order valence-corrected chi connectivity index (χ3v) is 6.64. The number of hydrogen-bond donors (Lipinski definition) is 2. The van der Waals surface area contributed by atoms with Crippen molar-refractivity contribution in [2.75, 3.05) is 7.11 Å². The Morgan fingerprint density at radius 1 is 1.31 bits per heavy atom. The van der Waals surface area contributed by atoms with E-state index in [0.717, 1.165) is 11.1 Å². The van der Waals surface area contributed by atoms with Gasteiger partial charge in [-0.25, -0.2) is 22.7 Å². The van der Waals surface area contributed by atoms with E-state index in [1.54, 1.807) is 13.0 Å². The Morgan fingerprint density at radius 3 is 2.69 bits per heavy atom. The zero-order valence-electron chi connectivity index (χ0n) is 17.6. The number of halogens is 1. The van der Waals surface area contributed by atoms with E-state index >= 15 is 0 Å². The molecule has 0 spiro atoms. The van der Waals surface area contributed by atoms with Gasteiger partial charge in [0.2, 0.25) is 15.9 Å². The minimum Gasteiger partial charge on any atom is -0.495 e. The van der Waals surface area contributed by atoms with Crippen LogP contribution in [0.1, 0.15) is 40.6 Å². The maximum Gasteiger partial charge on any atom is 0.434 e. The maximum atomic E-state index is 14.4. The zero-order valence-corrected chi connectivity index (χ0v) is 18.4. The van der Waals surface area contributed by atoms with Crippen LogP contribution in [0.2, 0.25) is 0 Å². The third-order valence-electron chi connectivity index (χ3n) is 5.13. The lowest BCUT2D eigenvalue weighted by Gasteiger charge is -2.18. The summed E-state index contributed by atoms with van der Waals surface area (Å²) in [7, 11) is -2.91. The predicted molar refractivity (Wildman–Crippen MR) is 112 cm³/mol. The molecular weight excluding hydrogens is 439 g/mol. The van der Waals surface area contributed by atoms with E-state index < -0.39 is 27.6 Å². The van der Waals surface area contributed by atoms with Crippen molar-refractivity contribution in [1.29, 1.82) is 5.26 Å². The van der Waals surface area contributed by atoms with Gasteiger partial charge in [0.1, 0.15) is 22.5 Å².